The fraction of sp³-hybridized carbons (Fsp3) is 0.400. The van der Waals surface area contributed by atoms with Crippen molar-refractivity contribution in [2.24, 2.45) is 0 Å². The second kappa shape index (κ2) is 4.66. The van der Waals surface area contributed by atoms with Crippen LogP contribution in [0.2, 0.25) is 0 Å². The number of imidazole rings is 1. The summed E-state index contributed by atoms with van der Waals surface area (Å²) < 4.78 is 3.96. The molecule has 1 fully saturated rings. The number of aryl methyl sites for hydroxylation is 2. The zero-order valence-corrected chi connectivity index (χ0v) is 12.2. The molecule has 4 rings (SSSR count). The molecule has 0 bridgehead atoms. The predicted octanol–water partition coefficient (Wildman–Crippen LogP) is 1.96. The van der Waals surface area contributed by atoms with Gasteiger partial charge in [-0.1, -0.05) is 0 Å². The van der Waals surface area contributed by atoms with Crippen LogP contribution in [0.1, 0.15) is 36.1 Å². The average molecular weight is 282 g/mol. The summed E-state index contributed by atoms with van der Waals surface area (Å²) in [4.78, 5) is 8.91. The zero-order valence-electron chi connectivity index (χ0n) is 12.2. The van der Waals surface area contributed by atoms with E-state index in [1.165, 1.54) is 6.42 Å². The molecule has 1 atom stereocenters. The molecule has 0 amide bonds. The molecule has 1 aliphatic heterocycles. The van der Waals surface area contributed by atoms with Gasteiger partial charge in [0.2, 0.25) is 0 Å². The minimum absolute atomic E-state index is 0.351. The van der Waals surface area contributed by atoms with Gasteiger partial charge in [0.25, 0.3) is 0 Å². The van der Waals surface area contributed by atoms with E-state index in [-0.39, 0.29) is 0 Å². The van der Waals surface area contributed by atoms with Crippen molar-refractivity contribution in [1.29, 1.82) is 0 Å². The molecule has 1 saturated heterocycles. The molecule has 3 aromatic heterocycles. The Morgan fingerprint density at radius 3 is 2.90 bits per heavy atom. The predicted molar refractivity (Wildman–Crippen MR) is 79.6 cm³/mol. The summed E-state index contributed by atoms with van der Waals surface area (Å²) in [6.07, 6.45) is 6.11. The number of nitrogens with zero attached hydrogens (tertiary/aromatic N) is 5. The monoisotopic (exact) mass is 282 g/mol. The molecular weight excluding hydrogens is 264 g/mol. The number of hydrogen-bond acceptors (Lipinski definition) is 4. The van der Waals surface area contributed by atoms with E-state index in [0.29, 0.717) is 6.04 Å². The fourth-order valence-electron chi connectivity index (χ4n) is 3.00. The van der Waals surface area contributed by atoms with Crippen LogP contribution < -0.4 is 5.32 Å². The van der Waals surface area contributed by atoms with Crippen LogP contribution in [0.4, 0.5) is 0 Å². The van der Waals surface area contributed by atoms with E-state index in [9.17, 15) is 0 Å². The number of rotatable bonds is 2. The summed E-state index contributed by atoms with van der Waals surface area (Å²) in [5.41, 5.74) is 2.95. The Morgan fingerprint density at radius 1 is 1.29 bits per heavy atom. The molecule has 4 heterocycles. The smallest absolute Gasteiger partial charge is 0.157 e. The van der Waals surface area contributed by atoms with Crippen LogP contribution in [0.3, 0.4) is 0 Å². The van der Waals surface area contributed by atoms with E-state index in [0.717, 1.165) is 41.6 Å². The minimum atomic E-state index is 0.351. The Hall–Kier alpha value is -2.21. The summed E-state index contributed by atoms with van der Waals surface area (Å²) in [7, 11) is 0. The molecule has 21 heavy (non-hydrogen) atoms. The van der Waals surface area contributed by atoms with Gasteiger partial charge >= 0.3 is 0 Å². The topological polar surface area (TPSA) is 60.0 Å². The number of hydrogen-bond donors (Lipinski definition) is 1. The standard InChI is InChI=1S/C15H18N6/c1-10-8-15(20-7-6-16-11(20)2)21-14(18-10)9-13(19-21)12-4-3-5-17-12/h6-9,12,17H,3-5H2,1-2H3. The maximum Gasteiger partial charge on any atom is 0.157 e. The van der Waals surface area contributed by atoms with Crippen LogP contribution in [0.5, 0.6) is 0 Å². The summed E-state index contributed by atoms with van der Waals surface area (Å²) in [6.45, 7) is 5.07. The molecule has 0 aliphatic carbocycles. The van der Waals surface area contributed by atoms with Crippen molar-refractivity contribution in [3.05, 3.63) is 41.7 Å². The van der Waals surface area contributed by atoms with Gasteiger partial charge in [-0.15, -0.1) is 0 Å². The highest BCUT2D eigenvalue weighted by Gasteiger charge is 2.20. The van der Waals surface area contributed by atoms with Gasteiger partial charge in [-0.05, 0) is 33.2 Å². The number of fused-ring (bicyclic) bond motifs is 1. The molecule has 1 unspecified atom stereocenters. The highest BCUT2D eigenvalue weighted by atomic mass is 15.3. The molecule has 3 aromatic rings. The Labute approximate surface area is 122 Å². The Morgan fingerprint density at radius 2 is 2.19 bits per heavy atom. The van der Waals surface area contributed by atoms with Gasteiger partial charge in [0, 0.05) is 30.2 Å². The van der Waals surface area contributed by atoms with E-state index in [1.54, 1.807) is 6.20 Å². The van der Waals surface area contributed by atoms with Crippen LogP contribution in [-0.4, -0.2) is 30.7 Å². The number of aromatic nitrogens is 5. The van der Waals surface area contributed by atoms with Crippen molar-refractivity contribution in [3.8, 4) is 5.82 Å². The normalized spacial score (nSPS) is 18.7. The van der Waals surface area contributed by atoms with E-state index in [4.69, 9.17) is 5.10 Å². The Bertz CT molecular complexity index is 794. The summed E-state index contributed by atoms with van der Waals surface area (Å²) in [6, 6.07) is 4.48. The molecule has 0 aromatic carbocycles. The first-order valence-electron chi connectivity index (χ1n) is 7.33. The van der Waals surface area contributed by atoms with Gasteiger partial charge in [-0.2, -0.15) is 9.61 Å². The first-order chi connectivity index (χ1) is 10.2. The van der Waals surface area contributed by atoms with Crippen molar-refractivity contribution in [3.63, 3.8) is 0 Å². The van der Waals surface area contributed by atoms with Gasteiger partial charge in [0.15, 0.2) is 5.65 Å². The van der Waals surface area contributed by atoms with Gasteiger partial charge in [-0.25, -0.2) is 9.97 Å². The van der Waals surface area contributed by atoms with Gasteiger partial charge in [0.1, 0.15) is 11.6 Å². The summed E-state index contributed by atoms with van der Waals surface area (Å²) in [5.74, 6) is 1.93. The van der Waals surface area contributed by atoms with Crippen molar-refractivity contribution >= 4 is 5.65 Å². The van der Waals surface area contributed by atoms with E-state index < -0.39 is 0 Å². The molecule has 0 spiro atoms. The Kier molecular flexibility index (Phi) is 2.78. The summed E-state index contributed by atoms with van der Waals surface area (Å²) in [5, 5.41) is 8.27. The third kappa shape index (κ3) is 2.03. The molecule has 1 N–H and O–H groups in total. The third-order valence-electron chi connectivity index (χ3n) is 4.05. The van der Waals surface area contributed by atoms with Crippen LogP contribution in [0.15, 0.2) is 24.5 Å². The van der Waals surface area contributed by atoms with Crippen molar-refractivity contribution < 1.29 is 0 Å². The van der Waals surface area contributed by atoms with E-state index in [2.05, 4.69) is 21.4 Å². The van der Waals surface area contributed by atoms with Crippen LogP contribution in [0.25, 0.3) is 11.5 Å². The lowest BCUT2D eigenvalue weighted by molar-refractivity contribution is 0.618. The highest BCUT2D eigenvalue weighted by molar-refractivity contribution is 5.46. The maximum atomic E-state index is 4.78. The minimum Gasteiger partial charge on any atom is -0.309 e. The quantitative estimate of drug-likeness (QED) is 0.780. The van der Waals surface area contributed by atoms with Crippen molar-refractivity contribution in [2.45, 2.75) is 32.7 Å². The van der Waals surface area contributed by atoms with Crippen LogP contribution in [-0.2, 0) is 0 Å². The highest BCUT2D eigenvalue weighted by Crippen LogP contribution is 2.24. The zero-order chi connectivity index (χ0) is 14.4. The average Bonchev–Trinajstić information content (AvgIpc) is 3.16. The molecule has 0 saturated carbocycles. The second-order valence-corrected chi connectivity index (χ2v) is 5.59. The van der Waals surface area contributed by atoms with E-state index >= 15 is 0 Å². The molecule has 1 aliphatic rings. The van der Waals surface area contributed by atoms with Crippen LogP contribution in [0, 0.1) is 13.8 Å². The van der Waals surface area contributed by atoms with Gasteiger partial charge in [0.05, 0.1) is 11.7 Å². The molecule has 0 radical (unpaired) electrons. The number of nitrogens with one attached hydrogen (secondary N) is 1. The lowest BCUT2D eigenvalue weighted by Crippen LogP contribution is -2.13. The first kappa shape index (κ1) is 12.5. The largest absolute Gasteiger partial charge is 0.309 e. The lowest BCUT2D eigenvalue weighted by Gasteiger charge is -2.08. The van der Waals surface area contributed by atoms with Crippen LogP contribution >= 0.6 is 0 Å². The third-order valence-corrected chi connectivity index (χ3v) is 4.05. The molecule has 6 nitrogen and oxygen atoms in total. The SMILES string of the molecule is Cc1cc(-n2ccnc2C)n2nc(C3CCCN3)cc2n1. The van der Waals surface area contributed by atoms with Crippen molar-refractivity contribution in [2.75, 3.05) is 6.54 Å². The Balaban J connectivity index is 1.91. The molecule has 108 valence electrons. The molecule has 6 heteroatoms. The van der Waals surface area contributed by atoms with Crippen molar-refractivity contribution in [1.82, 2.24) is 29.5 Å². The molecular formula is C15H18N6. The van der Waals surface area contributed by atoms with Gasteiger partial charge < -0.3 is 5.32 Å². The first-order valence-corrected chi connectivity index (χ1v) is 7.33. The second-order valence-electron chi connectivity index (χ2n) is 5.59. The van der Waals surface area contributed by atoms with E-state index in [1.807, 2.05) is 35.2 Å². The fourth-order valence-corrected chi connectivity index (χ4v) is 3.00. The lowest BCUT2D eigenvalue weighted by atomic mass is 10.2. The maximum absolute atomic E-state index is 4.78. The van der Waals surface area contributed by atoms with Gasteiger partial charge in [-0.3, -0.25) is 4.57 Å². The summed E-state index contributed by atoms with van der Waals surface area (Å²) >= 11 is 0.